The van der Waals surface area contributed by atoms with Crippen LogP contribution in [0.5, 0.6) is 0 Å². The van der Waals surface area contributed by atoms with Gasteiger partial charge in [0.05, 0.1) is 26.2 Å². The molecule has 0 aliphatic carbocycles. The number of nitrogens with zero attached hydrogens (tertiary/aromatic N) is 1. The van der Waals surface area contributed by atoms with Gasteiger partial charge in [0.15, 0.2) is 0 Å². The maximum atomic E-state index is 12.0. The summed E-state index contributed by atoms with van der Waals surface area (Å²) in [5.41, 5.74) is -0.562. The smallest absolute Gasteiger partial charge is 0.445 e. The van der Waals surface area contributed by atoms with Crippen molar-refractivity contribution in [3.8, 4) is 0 Å². The van der Waals surface area contributed by atoms with E-state index in [1.54, 1.807) is 0 Å². The van der Waals surface area contributed by atoms with Crippen LogP contribution < -0.4 is 5.46 Å². The van der Waals surface area contributed by atoms with Gasteiger partial charge in [0, 0.05) is 4.47 Å². The fourth-order valence-electron chi connectivity index (χ4n) is 3.33. The minimum Gasteiger partial charge on any atom is -0.445 e. The van der Waals surface area contributed by atoms with E-state index in [1.165, 1.54) is 94.2 Å². The van der Waals surface area contributed by atoms with Crippen LogP contribution in [0, 0.1) is 0 Å². The van der Waals surface area contributed by atoms with Crippen molar-refractivity contribution in [3.05, 3.63) is 28.7 Å². The first kappa shape index (κ1) is 27.5. The van der Waals surface area contributed by atoms with Crippen molar-refractivity contribution in [1.29, 1.82) is 0 Å². The van der Waals surface area contributed by atoms with Crippen LogP contribution in [0.4, 0.5) is 12.9 Å². The predicted molar refractivity (Wildman–Crippen MR) is 122 cm³/mol. The summed E-state index contributed by atoms with van der Waals surface area (Å²) in [7, 11) is 0. The van der Waals surface area contributed by atoms with Gasteiger partial charge in [-0.15, -0.1) is 5.46 Å². The second kappa shape index (κ2) is 15.4. The van der Waals surface area contributed by atoms with E-state index < -0.39 is 12.4 Å². The van der Waals surface area contributed by atoms with Gasteiger partial charge in [-0.2, -0.15) is 0 Å². The Morgan fingerprint density at radius 3 is 1.25 bits per heavy atom. The molecule has 0 fully saturated rings. The summed E-state index contributed by atoms with van der Waals surface area (Å²) in [6, 6.07) is 4.88. The summed E-state index contributed by atoms with van der Waals surface area (Å²) < 4.78 is 38.0. The van der Waals surface area contributed by atoms with E-state index in [1.807, 2.05) is 0 Å². The second-order valence-corrected chi connectivity index (χ2v) is 8.69. The highest BCUT2D eigenvalue weighted by atomic mass is 79.9. The van der Waals surface area contributed by atoms with Crippen molar-refractivity contribution >= 4 is 28.4 Å². The summed E-state index contributed by atoms with van der Waals surface area (Å²) in [5, 5.41) is 0. The number of halogens is 4. The Bertz CT molecular complexity index is 454. The van der Waals surface area contributed by atoms with Gasteiger partial charge in [-0.25, -0.2) is 0 Å². The van der Waals surface area contributed by atoms with Crippen molar-refractivity contribution in [2.45, 2.75) is 79.1 Å². The highest BCUT2D eigenvalue weighted by Gasteiger charge is 2.25. The molecule has 1 aromatic rings. The molecule has 1 aromatic carbocycles. The first-order valence-electron chi connectivity index (χ1n) is 11.0. The van der Waals surface area contributed by atoms with E-state index in [0.717, 1.165) is 12.1 Å². The molecule has 6 heteroatoms. The average Bonchev–Trinajstić information content (AvgIpc) is 2.67. The lowest BCUT2D eigenvalue weighted by Crippen LogP contribution is -2.50. The third kappa shape index (κ3) is 12.2. The van der Waals surface area contributed by atoms with Gasteiger partial charge < -0.3 is 17.4 Å². The Kier molecular flexibility index (Phi) is 15.1. The number of hydrogen-bond donors (Lipinski definition) is 0. The SMILES string of the molecule is CCCC[N+](CCCC)(CCCC)CCCC.F[B-](F)(F)c1ccc(Br)cc1. The monoisotopic (exact) mass is 465 g/mol. The van der Waals surface area contributed by atoms with Gasteiger partial charge in [-0.1, -0.05) is 93.6 Å². The number of benzene rings is 1. The van der Waals surface area contributed by atoms with Crippen LogP contribution in [0.1, 0.15) is 79.1 Å². The lowest BCUT2D eigenvalue weighted by atomic mass is 9.80. The first-order valence-corrected chi connectivity index (χ1v) is 11.8. The molecule has 0 radical (unpaired) electrons. The topological polar surface area (TPSA) is 0 Å². The predicted octanol–water partition coefficient (Wildman–Crippen LogP) is 7.51. The Morgan fingerprint density at radius 1 is 0.679 bits per heavy atom. The van der Waals surface area contributed by atoms with Gasteiger partial charge in [0.2, 0.25) is 0 Å². The average molecular weight is 466 g/mol. The second-order valence-electron chi connectivity index (χ2n) is 7.78. The molecule has 0 saturated carbocycles. The van der Waals surface area contributed by atoms with Crippen molar-refractivity contribution < 1.29 is 17.4 Å². The molecule has 0 spiro atoms. The Morgan fingerprint density at radius 2 is 1.00 bits per heavy atom. The van der Waals surface area contributed by atoms with E-state index in [2.05, 4.69) is 43.6 Å². The van der Waals surface area contributed by atoms with E-state index in [-0.39, 0.29) is 0 Å². The lowest BCUT2D eigenvalue weighted by molar-refractivity contribution is -0.929. The number of unbranched alkanes of at least 4 members (excludes halogenated alkanes) is 4. The summed E-state index contributed by atoms with van der Waals surface area (Å²) >= 11 is 3.05. The molecule has 164 valence electrons. The third-order valence-corrected chi connectivity index (χ3v) is 5.72. The standard InChI is InChI=1S/C16H36N.C6H4BBrF3/c1-5-9-13-17(14-10-6-2,15-11-7-3)16-12-8-4;8-6-3-1-5(2-4-6)7(9,10)11/h5-16H2,1-4H3;1-4H/q+1;-1. The molecule has 0 N–H and O–H groups in total. The maximum absolute atomic E-state index is 12.0. The molecule has 0 bridgehead atoms. The summed E-state index contributed by atoms with van der Waals surface area (Å²) in [4.78, 5) is 0. The van der Waals surface area contributed by atoms with Crippen LogP contribution in [-0.2, 0) is 0 Å². The van der Waals surface area contributed by atoms with Crippen LogP contribution in [0.25, 0.3) is 0 Å². The Balaban J connectivity index is 0.000000567. The van der Waals surface area contributed by atoms with Crippen molar-refractivity contribution in [2.24, 2.45) is 0 Å². The minimum atomic E-state index is -4.84. The van der Waals surface area contributed by atoms with Gasteiger partial charge >= 0.3 is 6.98 Å². The molecule has 0 aliphatic heterocycles. The van der Waals surface area contributed by atoms with Gasteiger partial charge in [0.25, 0.3) is 0 Å². The third-order valence-electron chi connectivity index (χ3n) is 5.19. The molecule has 0 amide bonds. The fraction of sp³-hybridized carbons (Fsp3) is 0.727. The molecular weight excluding hydrogens is 426 g/mol. The number of rotatable bonds is 13. The molecule has 28 heavy (non-hydrogen) atoms. The maximum Gasteiger partial charge on any atom is 0.509 e. The van der Waals surface area contributed by atoms with E-state index >= 15 is 0 Å². The van der Waals surface area contributed by atoms with E-state index in [0.29, 0.717) is 4.47 Å². The quantitative estimate of drug-likeness (QED) is 0.209. The van der Waals surface area contributed by atoms with Crippen LogP contribution in [-0.4, -0.2) is 37.6 Å². The zero-order valence-corrected chi connectivity index (χ0v) is 19.9. The van der Waals surface area contributed by atoms with Gasteiger partial charge in [-0.05, 0) is 25.7 Å². The molecule has 1 rings (SSSR count). The minimum absolute atomic E-state index is 0.562. The highest BCUT2D eigenvalue weighted by molar-refractivity contribution is 9.10. The van der Waals surface area contributed by atoms with Crippen LogP contribution >= 0.6 is 15.9 Å². The first-order chi connectivity index (χ1) is 13.2. The lowest BCUT2D eigenvalue weighted by Gasteiger charge is -2.39. The fourth-order valence-corrected chi connectivity index (χ4v) is 3.59. The van der Waals surface area contributed by atoms with Crippen molar-refractivity contribution in [1.82, 2.24) is 0 Å². The highest BCUT2D eigenvalue weighted by Crippen LogP contribution is 2.16. The zero-order chi connectivity index (χ0) is 21.5. The molecule has 0 aromatic heterocycles. The van der Waals surface area contributed by atoms with Gasteiger partial charge in [-0.3, -0.25) is 0 Å². The van der Waals surface area contributed by atoms with Crippen LogP contribution in [0.3, 0.4) is 0 Å². The van der Waals surface area contributed by atoms with Crippen molar-refractivity contribution in [2.75, 3.05) is 26.2 Å². The molecule has 0 heterocycles. The molecule has 1 nitrogen and oxygen atoms in total. The van der Waals surface area contributed by atoms with Crippen LogP contribution in [0.15, 0.2) is 28.7 Å². The summed E-state index contributed by atoms with van der Waals surface area (Å²) in [5.74, 6) is 0. The number of hydrogen-bond acceptors (Lipinski definition) is 0. The molecule has 0 atom stereocenters. The Hall–Kier alpha value is -0.485. The molecular formula is C22H40BBrF3N. The molecule has 0 saturated heterocycles. The summed E-state index contributed by atoms with van der Waals surface area (Å²) in [6.45, 7) is 10.2. The Labute approximate surface area is 179 Å². The molecule has 0 aliphatic rings. The zero-order valence-electron chi connectivity index (χ0n) is 18.3. The van der Waals surface area contributed by atoms with Crippen LogP contribution in [0.2, 0.25) is 0 Å². The normalized spacial score (nSPS) is 11.9. The molecule has 0 unspecified atom stereocenters. The number of quaternary nitrogens is 1. The summed E-state index contributed by atoms with van der Waals surface area (Å²) in [6.07, 6.45) is 11.1. The van der Waals surface area contributed by atoms with E-state index in [9.17, 15) is 12.9 Å². The van der Waals surface area contributed by atoms with Gasteiger partial charge in [0.1, 0.15) is 0 Å². The largest absolute Gasteiger partial charge is 0.509 e. The van der Waals surface area contributed by atoms with E-state index in [4.69, 9.17) is 0 Å². The van der Waals surface area contributed by atoms with Crippen molar-refractivity contribution in [3.63, 3.8) is 0 Å².